The van der Waals surface area contributed by atoms with Gasteiger partial charge in [-0.05, 0) is 12.8 Å². The number of aliphatic carboxylic acids is 1. The number of aryl methyl sites for hydroxylation is 1. The van der Waals surface area contributed by atoms with E-state index in [9.17, 15) is 4.79 Å². The lowest BCUT2D eigenvalue weighted by atomic mass is 9.89. The van der Waals surface area contributed by atoms with Crippen molar-refractivity contribution in [2.45, 2.75) is 50.9 Å². The molecule has 5 heteroatoms. The number of nitrogens with one attached hydrogen (secondary N) is 1. The smallest absolute Gasteiger partial charge is 0.303 e. The first-order valence-corrected chi connectivity index (χ1v) is 6.50. The number of H-pyrrole nitrogens is 1. The molecule has 0 aromatic carbocycles. The van der Waals surface area contributed by atoms with Gasteiger partial charge in [-0.25, -0.2) is 4.98 Å². The highest BCUT2D eigenvalue weighted by Crippen LogP contribution is 2.32. The lowest BCUT2D eigenvalue weighted by Gasteiger charge is -2.19. The fourth-order valence-electron chi connectivity index (χ4n) is 2.37. The Morgan fingerprint density at radius 1 is 1.41 bits per heavy atom. The number of aromatic amines is 1. The van der Waals surface area contributed by atoms with Crippen LogP contribution in [-0.2, 0) is 11.2 Å². The van der Waals surface area contributed by atoms with Crippen molar-refractivity contribution in [3.05, 3.63) is 16.7 Å². The maximum absolute atomic E-state index is 10.5. The molecule has 0 bridgehead atoms. The van der Waals surface area contributed by atoms with Gasteiger partial charge in [0, 0.05) is 12.3 Å². The van der Waals surface area contributed by atoms with Crippen LogP contribution >= 0.6 is 11.6 Å². The van der Waals surface area contributed by atoms with Crippen LogP contribution in [0.4, 0.5) is 0 Å². The van der Waals surface area contributed by atoms with Crippen LogP contribution in [0.1, 0.15) is 56.0 Å². The third kappa shape index (κ3) is 3.22. The first-order valence-electron chi connectivity index (χ1n) is 6.13. The number of imidazole rings is 1. The van der Waals surface area contributed by atoms with Gasteiger partial charge in [0.2, 0.25) is 0 Å². The van der Waals surface area contributed by atoms with E-state index in [1.165, 1.54) is 19.3 Å². The molecule has 0 unspecified atom stereocenters. The normalized spacial score (nSPS) is 17.2. The summed E-state index contributed by atoms with van der Waals surface area (Å²) in [7, 11) is 0. The molecular formula is C12H17ClN2O2. The molecule has 1 aromatic rings. The lowest BCUT2D eigenvalue weighted by Crippen LogP contribution is -2.06. The fraction of sp³-hybridized carbons (Fsp3) is 0.667. The van der Waals surface area contributed by atoms with E-state index in [1.54, 1.807) is 0 Å². The zero-order valence-corrected chi connectivity index (χ0v) is 10.5. The molecule has 1 aliphatic rings. The minimum absolute atomic E-state index is 0.0893. The van der Waals surface area contributed by atoms with Gasteiger partial charge in [0.25, 0.3) is 0 Å². The molecule has 17 heavy (non-hydrogen) atoms. The van der Waals surface area contributed by atoms with E-state index in [0.717, 1.165) is 24.4 Å². The number of nitrogens with zero attached hydrogens (tertiary/aromatic N) is 1. The molecule has 0 amide bonds. The molecule has 2 rings (SSSR count). The summed E-state index contributed by atoms with van der Waals surface area (Å²) in [5.74, 6) is 0.602. The third-order valence-corrected chi connectivity index (χ3v) is 3.64. The highest BCUT2D eigenvalue weighted by Gasteiger charge is 2.20. The number of hydrogen-bond donors (Lipinski definition) is 2. The van der Waals surface area contributed by atoms with Crippen molar-refractivity contribution in [1.82, 2.24) is 9.97 Å². The van der Waals surface area contributed by atoms with Crippen LogP contribution in [0.5, 0.6) is 0 Å². The summed E-state index contributed by atoms with van der Waals surface area (Å²) in [4.78, 5) is 18.0. The molecule has 0 aliphatic heterocycles. The van der Waals surface area contributed by atoms with Gasteiger partial charge in [-0.2, -0.15) is 0 Å². The van der Waals surface area contributed by atoms with Crippen LogP contribution in [0.2, 0.25) is 5.15 Å². The van der Waals surface area contributed by atoms with Gasteiger partial charge >= 0.3 is 5.97 Å². The number of aromatic nitrogens is 2. The maximum atomic E-state index is 10.5. The minimum Gasteiger partial charge on any atom is -0.481 e. The Morgan fingerprint density at radius 2 is 2.12 bits per heavy atom. The van der Waals surface area contributed by atoms with Crippen molar-refractivity contribution in [2.24, 2.45) is 0 Å². The van der Waals surface area contributed by atoms with Gasteiger partial charge in [-0.3, -0.25) is 4.79 Å². The van der Waals surface area contributed by atoms with Crippen molar-refractivity contribution in [2.75, 3.05) is 0 Å². The summed E-state index contributed by atoms with van der Waals surface area (Å²) in [6, 6.07) is 0. The zero-order valence-electron chi connectivity index (χ0n) is 9.71. The van der Waals surface area contributed by atoms with Crippen LogP contribution < -0.4 is 0 Å². The molecular weight excluding hydrogens is 240 g/mol. The second-order valence-electron chi connectivity index (χ2n) is 4.62. The highest BCUT2D eigenvalue weighted by atomic mass is 35.5. The number of hydrogen-bond acceptors (Lipinski definition) is 2. The van der Waals surface area contributed by atoms with E-state index in [0.29, 0.717) is 17.5 Å². The van der Waals surface area contributed by atoms with E-state index in [1.807, 2.05) is 0 Å². The van der Waals surface area contributed by atoms with Crippen LogP contribution in [-0.4, -0.2) is 21.0 Å². The van der Waals surface area contributed by atoms with Gasteiger partial charge in [0.15, 0.2) is 0 Å². The Balaban J connectivity index is 2.03. The predicted molar refractivity (Wildman–Crippen MR) is 65.4 cm³/mol. The average Bonchev–Trinajstić information content (AvgIpc) is 2.69. The Morgan fingerprint density at radius 3 is 2.76 bits per heavy atom. The molecule has 1 aliphatic carbocycles. The second-order valence-corrected chi connectivity index (χ2v) is 4.98. The molecule has 0 radical (unpaired) electrons. The van der Waals surface area contributed by atoms with Crippen LogP contribution in [0.3, 0.4) is 0 Å². The summed E-state index contributed by atoms with van der Waals surface area (Å²) in [6.07, 6.45) is 6.61. The molecule has 1 aromatic heterocycles. The fourth-order valence-corrected chi connectivity index (χ4v) is 2.61. The SMILES string of the molecule is O=C(O)CCc1[nH]c(C2CCCCC2)nc1Cl. The summed E-state index contributed by atoms with van der Waals surface area (Å²) in [5, 5.41) is 9.08. The summed E-state index contributed by atoms with van der Waals surface area (Å²) in [5.41, 5.74) is 0.759. The molecule has 2 N–H and O–H groups in total. The molecule has 1 saturated carbocycles. The highest BCUT2D eigenvalue weighted by molar-refractivity contribution is 6.30. The van der Waals surface area contributed by atoms with E-state index >= 15 is 0 Å². The van der Waals surface area contributed by atoms with Crippen molar-refractivity contribution in [3.63, 3.8) is 0 Å². The van der Waals surface area contributed by atoms with Gasteiger partial charge in [-0.15, -0.1) is 0 Å². The zero-order chi connectivity index (χ0) is 12.3. The van der Waals surface area contributed by atoms with Crippen LogP contribution in [0.15, 0.2) is 0 Å². The van der Waals surface area contributed by atoms with E-state index < -0.39 is 5.97 Å². The Labute approximate surface area is 105 Å². The minimum atomic E-state index is -0.810. The largest absolute Gasteiger partial charge is 0.481 e. The van der Waals surface area contributed by atoms with Gasteiger partial charge in [0.1, 0.15) is 11.0 Å². The summed E-state index contributed by atoms with van der Waals surface area (Å²) < 4.78 is 0. The number of carboxylic acid groups (broad SMARTS) is 1. The molecule has 0 spiro atoms. The molecule has 0 saturated heterocycles. The third-order valence-electron chi connectivity index (χ3n) is 3.33. The molecule has 94 valence electrons. The number of carboxylic acids is 1. The van der Waals surface area contributed by atoms with Gasteiger partial charge < -0.3 is 10.1 Å². The van der Waals surface area contributed by atoms with Crippen molar-refractivity contribution >= 4 is 17.6 Å². The lowest BCUT2D eigenvalue weighted by molar-refractivity contribution is -0.136. The van der Waals surface area contributed by atoms with Crippen molar-refractivity contribution in [3.8, 4) is 0 Å². The Hall–Kier alpha value is -1.03. The molecule has 1 fully saturated rings. The van der Waals surface area contributed by atoms with E-state index in [-0.39, 0.29) is 6.42 Å². The molecule has 4 nitrogen and oxygen atoms in total. The van der Waals surface area contributed by atoms with E-state index in [4.69, 9.17) is 16.7 Å². The number of carbonyl (C=O) groups is 1. The Kier molecular flexibility index (Phi) is 4.05. The maximum Gasteiger partial charge on any atom is 0.303 e. The average molecular weight is 257 g/mol. The quantitative estimate of drug-likeness (QED) is 0.870. The topological polar surface area (TPSA) is 66.0 Å². The number of rotatable bonds is 4. The van der Waals surface area contributed by atoms with Crippen LogP contribution in [0, 0.1) is 0 Å². The first kappa shape index (κ1) is 12.4. The van der Waals surface area contributed by atoms with Gasteiger partial charge in [0.05, 0.1) is 12.1 Å². The Bertz CT molecular complexity index is 397. The molecule has 1 heterocycles. The second kappa shape index (κ2) is 5.54. The number of halogens is 1. The summed E-state index contributed by atoms with van der Waals surface area (Å²) >= 11 is 6.01. The van der Waals surface area contributed by atoms with Crippen LogP contribution in [0.25, 0.3) is 0 Å². The monoisotopic (exact) mass is 256 g/mol. The first-order chi connectivity index (χ1) is 8.16. The van der Waals surface area contributed by atoms with Crippen molar-refractivity contribution < 1.29 is 9.90 Å². The standard InChI is InChI=1S/C12H17ClN2O2/c13-11-9(6-7-10(16)17)14-12(15-11)8-4-2-1-3-5-8/h8H,1-7H2,(H,14,15)(H,16,17). The van der Waals surface area contributed by atoms with Gasteiger partial charge in [-0.1, -0.05) is 30.9 Å². The predicted octanol–water partition coefficient (Wildman–Crippen LogP) is 3.13. The summed E-state index contributed by atoms with van der Waals surface area (Å²) in [6.45, 7) is 0. The van der Waals surface area contributed by atoms with Crippen molar-refractivity contribution in [1.29, 1.82) is 0 Å². The van der Waals surface area contributed by atoms with E-state index in [2.05, 4.69) is 9.97 Å². The molecule has 0 atom stereocenters.